The van der Waals surface area contributed by atoms with Gasteiger partial charge in [-0.1, -0.05) is 84.9 Å². The first kappa shape index (κ1) is 22.5. The minimum Gasteiger partial charge on any atom is -0.465 e. The van der Waals surface area contributed by atoms with Crippen LogP contribution in [0.15, 0.2) is 84.9 Å². The van der Waals surface area contributed by atoms with Crippen molar-refractivity contribution in [1.29, 1.82) is 0 Å². The molecule has 0 aromatic heterocycles. The molecule has 0 bridgehead atoms. The number of hydrogen-bond acceptors (Lipinski definition) is 5. The van der Waals surface area contributed by atoms with Crippen LogP contribution >= 0.6 is 0 Å². The van der Waals surface area contributed by atoms with Crippen LogP contribution in [0.4, 0.5) is 0 Å². The second kappa shape index (κ2) is 9.18. The maximum Gasteiger partial charge on any atom is 0.319 e. The molecule has 4 aromatic carbocycles. The van der Waals surface area contributed by atoms with Gasteiger partial charge >= 0.3 is 5.97 Å². The Balaban J connectivity index is 1.75. The number of amides is 1. The van der Waals surface area contributed by atoms with Gasteiger partial charge in [0.05, 0.1) is 12.5 Å². The molecule has 35 heavy (non-hydrogen) atoms. The fraction of sp³-hybridized carbons (Fsp3) is 0.214. The van der Waals surface area contributed by atoms with Gasteiger partial charge in [-0.15, -0.1) is 0 Å². The van der Waals surface area contributed by atoms with Crippen LogP contribution in [0.2, 0.25) is 0 Å². The molecule has 4 unspecified atom stereocenters. The number of esters is 1. The van der Waals surface area contributed by atoms with Gasteiger partial charge in [-0.25, -0.2) is 0 Å². The molecule has 0 saturated carbocycles. The molecular formula is C28H24N2O5. The second-order valence-electron chi connectivity index (χ2n) is 8.65. The molecule has 1 N–H and O–H groups in total. The number of benzene rings is 4. The Morgan fingerprint density at radius 1 is 0.886 bits per heavy atom. The predicted molar refractivity (Wildman–Crippen MR) is 132 cm³/mol. The topological polar surface area (TPSA) is 98.5 Å². The Hall–Kier alpha value is -4.26. The summed E-state index contributed by atoms with van der Waals surface area (Å²) in [5, 5.41) is 18.9. The third-order valence-corrected chi connectivity index (χ3v) is 6.77. The number of nitro groups is 1. The van der Waals surface area contributed by atoms with Crippen molar-refractivity contribution in [3.8, 4) is 0 Å². The van der Waals surface area contributed by atoms with Gasteiger partial charge in [0, 0.05) is 4.92 Å². The minimum absolute atomic E-state index is 0.0702. The molecular weight excluding hydrogens is 444 g/mol. The summed E-state index contributed by atoms with van der Waals surface area (Å²) in [4.78, 5) is 38.9. The van der Waals surface area contributed by atoms with Gasteiger partial charge in [-0.3, -0.25) is 19.7 Å². The fourth-order valence-electron chi connectivity index (χ4n) is 5.32. The van der Waals surface area contributed by atoms with E-state index in [9.17, 15) is 19.7 Å². The van der Waals surface area contributed by atoms with Crippen LogP contribution < -0.4 is 5.32 Å². The van der Waals surface area contributed by atoms with E-state index in [1.54, 1.807) is 25.1 Å². The van der Waals surface area contributed by atoms with Gasteiger partial charge in [-0.2, -0.15) is 0 Å². The number of rotatable bonds is 5. The van der Waals surface area contributed by atoms with Gasteiger partial charge in [0.25, 0.3) is 0 Å². The van der Waals surface area contributed by atoms with Crippen molar-refractivity contribution in [3.63, 3.8) is 0 Å². The SMILES string of the molecule is CCOC(=O)C1C(=O)NC(c2cccc3ccccc23)C([N+](=O)[O-])C1c1cccc2ccccc12. The lowest BCUT2D eigenvalue weighted by Gasteiger charge is -2.38. The summed E-state index contributed by atoms with van der Waals surface area (Å²) in [6.45, 7) is 1.72. The third kappa shape index (κ3) is 3.89. The van der Waals surface area contributed by atoms with Gasteiger partial charge in [0.1, 0.15) is 12.0 Å². The number of nitrogens with zero attached hydrogens (tertiary/aromatic N) is 1. The lowest BCUT2D eigenvalue weighted by Crippen LogP contribution is -2.56. The average molecular weight is 469 g/mol. The summed E-state index contributed by atoms with van der Waals surface area (Å²) < 4.78 is 5.23. The van der Waals surface area contributed by atoms with E-state index >= 15 is 0 Å². The molecule has 7 nitrogen and oxygen atoms in total. The van der Waals surface area contributed by atoms with E-state index in [0.29, 0.717) is 11.1 Å². The van der Waals surface area contributed by atoms with Crippen LogP contribution in [0.5, 0.6) is 0 Å². The van der Waals surface area contributed by atoms with Gasteiger partial charge in [0.2, 0.25) is 11.9 Å². The van der Waals surface area contributed by atoms with E-state index in [0.717, 1.165) is 21.5 Å². The molecule has 1 saturated heterocycles. The van der Waals surface area contributed by atoms with Crippen molar-refractivity contribution in [1.82, 2.24) is 5.32 Å². The van der Waals surface area contributed by atoms with Crippen LogP contribution in [0.25, 0.3) is 21.5 Å². The zero-order chi connectivity index (χ0) is 24.5. The standard InChI is InChI=1S/C28H24N2O5/c1-2-35-28(32)24-23(21-15-7-11-17-9-3-5-13-19(17)21)26(30(33)34)25(29-27(24)31)22-16-8-12-18-10-4-6-14-20(18)22/h3-16,23-26H,2H2,1H3,(H,29,31). The normalized spacial score (nSPS) is 22.0. The van der Waals surface area contributed by atoms with Crippen molar-refractivity contribution in [3.05, 3.63) is 106 Å². The zero-order valence-corrected chi connectivity index (χ0v) is 19.1. The van der Waals surface area contributed by atoms with Crippen LogP contribution in [0.1, 0.15) is 30.0 Å². The number of carbonyl (C=O) groups excluding carboxylic acids is 2. The van der Waals surface area contributed by atoms with Crippen LogP contribution in [0, 0.1) is 16.0 Å². The van der Waals surface area contributed by atoms with Crippen LogP contribution in [-0.4, -0.2) is 29.4 Å². The predicted octanol–water partition coefficient (Wildman–Crippen LogP) is 4.77. The first-order chi connectivity index (χ1) is 17.0. The molecule has 4 atom stereocenters. The van der Waals surface area contributed by atoms with E-state index in [1.807, 2.05) is 66.7 Å². The molecule has 1 heterocycles. The van der Waals surface area contributed by atoms with Gasteiger partial charge < -0.3 is 10.1 Å². The Morgan fingerprint density at radius 2 is 1.43 bits per heavy atom. The molecule has 7 heteroatoms. The quantitative estimate of drug-likeness (QED) is 0.197. The van der Waals surface area contributed by atoms with Crippen molar-refractivity contribution >= 4 is 33.4 Å². The monoisotopic (exact) mass is 468 g/mol. The van der Waals surface area contributed by atoms with Gasteiger partial charge in [0.15, 0.2) is 0 Å². The lowest BCUT2D eigenvalue weighted by atomic mass is 9.71. The molecule has 5 rings (SSSR count). The highest BCUT2D eigenvalue weighted by atomic mass is 16.6. The Labute approximate surface area is 201 Å². The van der Waals surface area contributed by atoms with Crippen LogP contribution in [0.3, 0.4) is 0 Å². The summed E-state index contributed by atoms with van der Waals surface area (Å²) in [5.41, 5.74) is 1.23. The Bertz CT molecular complexity index is 1440. The molecule has 0 spiro atoms. The number of ether oxygens (including phenoxy) is 1. The zero-order valence-electron chi connectivity index (χ0n) is 19.1. The largest absolute Gasteiger partial charge is 0.465 e. The highest BCUT2D eigenvalue weighted by Crippen LogP contribution is 2.44. The number of nitrogens with one attached hydrogen (secondary N) is 1. The highest BCUT2D eigenvalue weighted by Gasteiger charge is 2.56. The number of piperidine rings is 1. The van der Waals surface area contributed by atoms with E-state index in [1.165, 1.54) is 0 Å². The number of carbonyl (C=O) groups is 2. The molecule has 1 amide bonds. The summed E-state index contributed by atoms with van der Waals surface area (Å²) in [6, 6.07) is 23.9. The van der Waals surface area contributed by atoms with E-state index in [-0.39, 0.29) is 11.5 Å². The lowest BCUT2D eigenvalue weighted by molar-refractivity contribution is -0.534. The second-order valence-corrected chi connectivity index (χ2v) is 8.65. The molecule has 4 aromatic rings. The summed E-state index contributed by atoms with van der Waals surface area (Å²) in [6.07, 6.45) is 0. The highest BCUT2D eigenvalue weighted by molar-refractivity contribution is 6.01. The first-order valence-electron chi connectivity index (χ1n) is 11.6. The fourth-order valence-corrected chi connectivity index (χ4v) is 5.32. The van der Waals surface area contributed by atoms with Gasteiger partial charge in [-0.05, 0) is 39.6 Å². The Kier molecular flexibility index (Phi) is 5.91. The number of hydrogen-bond donors (Lipinski definition) is 1. The van der Waals surface area contributed by atoms with E-state index < -0.39 is 35.8 Å². The van der Waals surface area contributed by atoms with Crippen molar-refractivity contribution in [2.45, 2.75) is 24.9 Å². The maximum atomic E-state index is 13.5. The van der Waals surface area contributed by atoms with Crippen molar-refractivity contribution in [2.24, 2.45) is 5.92 Å². The van der Waals surface area contributed by atoms with E-state index in [2.05, 4.69) is 5.32 Å². The van der Waals surface area contributed by atoms with Crippen molar-refractivity contribution in [2.75, 3.05) is 6.61 Å². The Morgan fingerprint density at radius 3 is 2.03 bits per heavy atom. The summed E-state index contributed by atoms with van der Waals surface area (Å²) in [7, 11) is 0. The molecule has 176 valence electrons. The first-order valence-corrected chi connectivity index (χ1v) is 11.6. The third-order valence-electron chi connectivity index (χ3n) is 6.77. The average Bonchev–Trinajstić information content (AvgIpc) is 2.87. The number of fused-ring (bicyclic) bond motifs is 2. The molecule has 1 aliphatic heterocycles. The van der Waals surface area contributed by atoms with E-state index in [4.69, 9.17) is 4.74 Å². The summed E-state index contributed by atoms with van der Waals surface area (Å²) >= 11 is 0. The minimum atomic E-state index is -1.35. The maximum absolute atomic E-state index is 13.5. The molecule has 1 fully saturated rings. The molecule has 0 aliphatic carbocycles. The van der Waals surface area contributed by atoms with Crippen LogP contribution in [-0.2, 0) is 14.3 Å². The van der Waals surface area contributed by atoms with Crippen molar-refractivity contribution < 1.29 is 19.2 Å². The molecule has 0 radical (unpaired) electrons. The summed E-state index contributed by atoms with van der Waals surface area (Å²) in [5.74, 6) is -3.70. The smallest absolute Gasteiger partial charge is 0.319 e. The molecule has 1 aliphatic rings.